The highest BCUT2D eigenvalue weighted by molar-refractivity contribution is 7.79. The average Bonchev–Trinajstić information content (AvgIpc) is 2.58. The Morgan fingerprint density at radius 2 is 1.21 bits per heavy atom. The average molecular weight is 357 g/mol. The molecule has 0 unspecified atom stereocenters. The molecular formula is C20H18ClO2P. The lowest BCUT2D eigenvalue weighted by atomic mass is 10.1. The number of carboxylic acids is 1. The van der Waals surface area contributed by atoms with Gasteiger partial charge in [-0.05, 0) is 29.4 Å². The highest BCUT2D eigenvalue weighted by atomic mass is 35.5. The lowest BCUT2D eigenvalue weighted by Crippen LogP contribution is -2.24. The van der Waals surface area contributed by atoms with Crippen molar-refractivity contribution in [2.45, 2.75) is 6.42 Å². The number of benzene rings is 3. The molecule has 3 aromatic rings. The number of rotatable bonds is 5. The van der Waals surface area contributed by atoms with Gasteiger partial charge in [0.1, 0.15) is 0 Å². The molecule has 0 aliphatic rings. The fourth-order valence-corrected chi connectivity index (χ4v) is 5.09. The standard InChI is InChI=1S/C20H17O2P.ClH/c21-20(22)15-16-9-7-8-14-19(16)23(17-10-3-1-4-11-17)18-12-5-2-6-13-18;/h1-14H,15H2,(H,21,22);1H. The molecule has 0 saturated carbocycles. The van der Waals surface area contributed by atoms with Crippen molar-refractivity contribution in [3.63, 3.8) is 0 Å². The van der Waals surface area contributed by atoms with E-state index in [0.717, 1.165) is 10.9 Å². The molecule has 0 saturated heterocycles. The lowest BCUT2D eigenvalue weighted by Gasteiger charge is -2.21. The summed E-state index contributed by atoms with van der Waals surface area (Å²) in [6.45, 7) is 0. The third-order valence-electron chi connectivity index (χ3n) is 3.60. The first-order valence-corrected chi connectivity index (χ1v) is 8.80. The summed E-state index contributed by atoms with van der Waals surface area (Å²) in [6, 6.07) is 28.5. The molecule has 3 rings (SSSR count). The van der Waals surface area contributed by atoms with E-state index in [1.807, 2.05) is 54.6 Å². The zero-order valence-corrected chi connectivity index (χ0v) is 14.7. The molecule has 2 nitrogen and oxygen atoms in total. The molecule has 3 aromatic carbocycles. The Morgan fingerprint density at radius 3 is 1.71 bits per heavy atom. The van der Waals surface area contributed by atoms with Crippen molar-refractivity contribution in [3.8, 4) is 0 Å². The van der Waals surface area contributed by atoms with Crippen LogP contribution in [0.3, 0.4) is 0 Å². The third kappa shape index (κ3) is 4.23. The van der Waals surface area contributed by atoms with Crippen LogP contribution in [0, 0.1) is 0 Å². The summed E-state index contributed by atoms with van der Waals surface area (Å²) in [7, 11) is -0.761. The summed E-state index contributed by atoms with van der Waals surface area (Å²) in [4.78, 5) is 11.2. The van der Waals surface area contributed by atoms with Crippen molar-refractivity contribution in [1.82, 2.24) is 0 Å². The van der Waals surface area contributed by atoms with E-state index in [4.69, 9.17) is 0 Å². The van der Waals surface area contributed by atoms with Crippen LogP contribution >= 0.6 is 20.3 Å². The van der Waals surface area contributed by atoms with E-state index >= 15 is 0 Å². The highest BCUT2D eigenvalue weighted by Gasteiger charge is 2.19. The van der Waals surface area contributed by atoms with Gasteiger partial charge in [0.2, 0.25) is 0 Å². The van der Waals surface area contributed by atoms with Crippen LogP contribution in [0.1, 0.15) is 5.56 Å². The zero-order chi connectivity index (χ0) is 16.1. The summed E-state index contributed by atoms with van der Waals surface area (Å²) < 4.78 is 0. The summed E-state index contributed by atoms with van der Waals surface area (Å²) >= 11 is 0. The Balaban J connectivity index is 0.00000208. The molecule has 0 amide bonds. The van der Waals surface area contributed by atoms with Gasteiger partial charge in [-0.1, -0.05) is 84.9 Å². The quantitative estimate of drug-likeness (QED) is 0.710. The zero-order valence-electron chi connectivity index (χ0n) is 13.0. The van der Waals surface area contributed by atoms with E-state index in [1.54, 1.807) is 0 Å². The molecule has 0 heterocycles. The molecule has 0 aliphatic carbocycles. The minimum absolute atomic E-state index is 0. The molecule has 4 heteroatoms. The normalized spacial score (nSPS) is 10.2. The number of halogens is 1. The van der Waals surface area contributed by atoms with Gasteiger partial charge in [0.05, 0.1) is 6.42 Å². The smallest absolute Gasteiger partial charge is 0.307 e. The number of carbonyl (C=O) groups is 1. The Kier molecular flexibility index (Phi) is 6.54. The fraction of sp³-hybridized carbons (Fsp3) is 0.0500. The second-order valence-electron chi connectivity index (χ2n) is 5.21. The number of aliphatic carboxylic acids is 1. The summed E-state index contributed by atoms with van der Waals surface area (Å²) in [5.74, 6) is -0.798. The largest absolute Gasteiger partial charge is 0.481 e. The first kappa shape index (κ1) is 18.2. The van der Waals surface area contributed by atoms with E-state index in [9.17, 15) is 9.90 Å². The van der Waals surface area contributed by atoms with Crippen LogP contribution in [-0.2, 0) is 11.2 Å². The minimum atomic E-state index is -0.798. The minimum Gasteiger partial charge on any atom is -0.481 e. The van der Waals surface area contributed by atoms with Crippen LogP contribution in [0.5, 0.6) is 0 Å². The highest BCUT2D eigenvalue weighted by Crippen LogP contribution is 2.34. The van der Waals surface area contributed by atoms with Crippen LogP contribution in [-0.4, -0.2) is 11.1 Å². The van der Waals surface area contributed by atoms with Crippen molar-refractivity contribution < 1.29 is 9.90 Å². The molecule has 1 N–H and O–H groups in total. The van der Waals surface area contributed by atoms with Gasteiger partial charge in [0, 0.05) is 0 Å². The van der Waals surface area contributed by atoms with E-state index in [-0.39, 0.29) is 18.8 Å². The van der Waals surface area contributed by atoms with Crippen LogP contribution in [0.4, 0.5) is 0 Å². The van der Waals surface area contributed by atoms with E-state index < -0.39 is 13.9 Å². The molecule has 0 atom stereocenters. The molecule has 0 aromatic heterocycles. The lowest BCUT2D eigenvalue weighted by molar-refractivity contribution is -0.136. The number of carboxylic acid groups (broad SMARTS) is 1. The first-order valence-electron chi connectivity index (χ1n) is 7.45. The Hall–Kier alpha value is -2.15. The summed E-state index contributed by atoms with van der Waals surface area (Å²) in [6.07, 6.45) is 0.0503. The van der Waals surface area contributed by atoms with Crippen molar-refractivity contribution in [2.24, 2.45) is 0 Å². The molecule has 0 bridgehead atoms. The molecule has 24 heavy (non-hydrogen) atoms. The molecule has 122 valence electrons. The summed E-state index contributed by atoms with van der Waals surface area (Å²) in [5.41, 5.74) is 0.888. The van der Waals surface area contributed by atoms with Crippen LogP contribution in [0.25, 0.3) is 0 Å². The van der Waals surface area contributed by atoms with Crippen LogP contribution in [0.15, 0.2) is 84.9 Å². The Labute approximate surface area is 149 Å². The van der Waals surface area contributed by atoms with Gasteiger partial charge in [-0.3, -0.25) is 4.79 Å². The maximum absolute atomic E-state index is 11.2. The van der Waals surface area contributed by atoms with Gasteiger partial charge in [-0.2, -0.15) is 0 Å². The van der Waals surface area contributed by atoms with Gasteiger partial charge < -0.3 is 5.11 Å². The SMILES string of the molecule is Cl.O=C(O)Cc1ccccc1P(c1ccccc1)c1ccccc1. The van der Waals surface area contributed by atoms with E-state index in [0.29, 0.717) is 0 Å². The molecule has 0 aliphatic heterocycles. The van der Waals surface area contributed by atoms with E-state index in [2.05, 4.69) is 30.3 Å². The first-order chi connectivity index (χ1) is 11.3. The van der Waals surface area contributed by atoms with Gasteiger partial charge >= 0.3 is 5.97 Å². The second kappa shape index (κ2) is 8.63. The third-order valence-corrected chi connectivity index (χ3v) is 6.15. The predicted molar refractivity (Wildman–Crippen MR) is 104 cm³/mol. The summed E-state index contributed by atoms with van der Waals surface area (Å²) in [5, 5.41) is 12.8. The monoisotopic (exact) mass is 356 g/mol. The van der Waals surface area contributed by atoms with Crippen molar-refractivity contribution in [3.05, 3.63) is 90.5 Å². The maximum atomic E-state index is 11.2. The Bertz CT molecular complexity index is 752. The van der Waals surface area contributed by atoms with Crippen LogP contribution < -0.4 is 15.9 Å². The van der Waals surface area contributed by atoms with Gasteiger partial charge in [0.15, 0.2) is 0 Å². The number of hydrogen-bond donors (Lipinski definition) is 1. The van der Waals surface area contributed by atoms with Gasteiger partial charge in [0.25, 0.3) is 0 Å². The van der Waals surface area contributed by atoms with Crippen molar-refractivity contribution >= 4 is 42.2 Å². The molecule has 0 radical (unpaired) electrons. The van der Waals surface area contributed by atoms with Gasteiger partial charge in [-0.25, -0.2) is 0 Å². The Morgan fingerprint density at radius 1 is 0.750 bits per heavy atom. The van der Waals surface area contributed by atoms with Crippen molar-refractivity contribution in [2.75, 3.05) is 0 Å². The van der Waals surface area contributed by atoms with E-state index in [1.165, 1.54) is 10.6 Å². The topological polar surface area (TPSA) is 37.3 Å². The molecular weight excluding hydrogens is 339 g/mol. The fourth-order valence-electron chi connectivity index (χ4n) is 2.62. The molecule has 0 fully saturated rings. The predicted octanol–water partition coefficient (Wildman–Crippen LogP) is 3.49. The van der Waals surface area contributed by atoms with Crippen LogP contribution in [0.2, 0.25) is 0 Å². The molecule has 0 spiro atoms. The van der Waals surface area contributed by atoms with Gasteiger partial charge in [-0.15, -0.1) is 12.4 Å². The number of hydrogen-bond acceptors (Lipinski definition) is 1. The maximum Gasteiger partial charge on any atom is 0.307 e. The second-order valence-corrected chi connectivity index (χ2v) is 7.39. The van der Waals surface area contributed by atoms with Crippen molar-refractivity contribution in [1.29, 1.82) is 0 Å².